The minimum atomic E-state index is -0.0739. The summed E-state index contributed by atoms with van der Waals surface area (Å²) in [5.41, 5.74) is 1.93. The third kappa shape index (κ3) is 4.16. The van der Waals surface area contributed by atoms with Crippen LogP contribution in [0.25, 0.3) is 0 Å². The molecule has 0 saturated heterocycles. The maximum Gasteiger partial charge on any atom is 0.133 e. The Morgan fingerprint density at radius 1 is 1.14 bits per heavy atom. The molecule has 21 heavy (non-hydrogen) atoms. The molecule has 0 aliphatic rings. The minimum Gasteiger partial charge on any atom is -0.492 e. The molecule has 0 N–H and O–H groups in total. The molecule has 0 aliphatic heterocycles. The molecule has 0 saturated carbocycles. The van der Waals surface area contributed by atoms with Gasteiger partial charge >= 0.3 is 0 Å². The van der Waals surface area contributed by atoms with E-state index in [-0.39, 0.29) is 4.83 Å². The van der Waals surface area contributed by atoms with Gasteiger partial charge in [-0.05, 0) is 52.2 Å². The highest BCUT2D eigenvalue weighted by molar-refractivity contribution is 9.10. The average Bonchev–Trinajstić information content (AvgIpc) is 2.45. The van der Waals surface area contributed by atoms with E-state index in [0.717, 1.165) is 27.8 Å². The fourth-order valence-electron chi connectivity index (χ4n) is 1.92. The van der Waals surface area contributed by atoms with Gasteiger partial charge in [0.15, 0.2) is 0 Å². The molecular weight excluding hydrogens is 439 g/mol. The average molecular weight is 453 g/mol. The van der Waals surface area contributed by atoms with Crippen LogP contribution >= 0.6 is 55.1 Å². The maximum atomic E-state index is 6.26. The second-order valence-electron chi connectivity index (χ2n) is 4.54. The molecule has 0 aromatic heterocycles. The molecule has 1 unspecified atom stereocenters. The van der Waals surface area contributed by atoms with Crippen molar-refractivity contribution >= 4 is 55.1 Å². The van der Waals surface area contributed by atoms with Gasteiger partial charge in [-0.25, -0.2) is 0 Å². The Bertz CT molecular complexity index is 611. The number of hydrogen-bond acceptors (Lipinski definition) is 1. The number of alkyl halides is 1. The molecule has 0 amide bonds. The van der Waals surface area contributed by atoms with Crippen molar-refractivity contribution in [2.45, 2.75) is 18.2 Å². The highest BCUT2D eigenvalue weighted by atomic mass is 79.9. The third-order valence-electron chi connectivity index (χ3n) is 2.96. The maximum absolute atomic E-state index is 6.26. The molecule has 0 radical (unpaired) electrons. The fraction of sp³-hybridized carbons (Fsp3) is 0.250. The Morgan fingerprint density at radius 2 is 1.81 bits per heavy atom. The Balaban J connectivity index is 2.32. The van der Waals surface area contributed by atoms with Crippen LogP contribution in [0.2, 0.25) is 10.0 Å². The molecule has 2 aromatic rings. The molecular formula is C16H14Br2Cl2O. The van der Waals surface area contributed by atoms with E-state index in [4.69, 9.17) is 27.9 Å². The highest BCUT2D eigenvalue weighted by Crippen LogP contribution is 2.41. The zero-order valence-electron chi connectivity index (χ0n) is 11.4. The largest absolute Gasteiger partial charge is 0.492 e. The summed E-state index contributed by atoms with van der Waals surface area (Å²) in [6.45, 7) is 2.78. The van der Waals surface area contributed by atoms with E-state index in [1.807, 2.05) is 36.4 Å². The van der Waals surface area contributed by atoms with Gasteiger partial charge in [-0.3, -0.25) is 0 Å². The van der Waals surface area contributed by atoms with E-state index in [1.165, 1.54) is 0 Å². The van der Waals surface area contributed by atoms with Crippen LogP contribution in [0.5, 0.6) is 5.75 Å². The Kier molecular flexibility index (Phi) is 6.42. The summed E-state index contributed by atoms with van der Waals surface area (Å²) >= 11 is 19.7. The van der Waals surface area contributed by atoms with Gasteiger partial charge < -0.3 is 4.74 Å². The number of benzene rings is 2. The van der Waals surface area contributed by atoms with Crippen molar-refractivity contribution in [2.24, 2.45) is 0 Å². The second kappa shape index (κ2) is 7.87. The predicted molar refractivity (Wildman–Crippen MR) is 97.2 cm³/mol. The van der Waals surface area contributed by atoms with Gasteiger partial charge in [-0.1, -0.05) is 58.2 Å². The molecule has 0 fully saturated rings. The van der Waals surface area contributed by atoms with E-state index >= 15 is 0 Å². The molecule has 112 valence electrons. The van der Waals surface area contributed by atoms with Crippen LogP contribution in [0.15, 0.2) is 40.9 Å². The van der Waals surface area contributed by atoms with E-state index in [0.29, 0.717) is 16.7 Å². The topological polar surface area (TPSA) is 9.23 Å². The van der Waals surface area contributed by atoms with Gasteiger partial charge in [-0.15, -0.1) is 0 Å². The standard InChI is InChI=1S/C16H14Br2Cl2O/c1-2-8-21-14-7-6-10(9-11(14)17)16(18)15-12(19)4-3-5-13(15)20/h3-7,9,16H,2,8H2,1H3. The van der Waals surface area contributed by atoms with Gasteiger partial charge in [0, 0.05) is 15.6 Å². The molecule has 0 spiro atoms. The summed E-state index contributed by atoms with van der Waals surface area (Å²) in [5.74, 6) is 0.838. The summed E-state index contributed by atoms with van der Waals surface area (Å²) < 4.78 is 6.58. The lowest BCUT2D eigenvalue weighted by molar-refractivity contribution is 0.315. The van der Waals surface area contributed by atoms with Crippen LogP contribution < -0.4 is 4.74 Å². The first-order valence-electron chi connectivity index (χ1n) is 6.54. The summed E-state index contributed by atoms with van der Waals surface area (Å²) in [7, 11) is 0. The smallest absolute Gasteiger partial charge is 0.133 e. The van der Waals surface area contributed by atoms with Crippen molar-refractivity contribution in [1.29, 1.82) is 0 Å². The van der Waals surface area contributed by atoms with Crippen molar-refractivity contribution < 1.29 is 4.74 Å². The van der Waals surface area contributed by atoms with Gasteiger partial charge in [0.25, 0.3) is 0 Å². The first-order valence-corrected chi connectivity index (χ1v) is 9.01. The molecule has 0 bridgehead atoms. The first kappa shape index (κ1) is 17.1. The monoisotopic (exact) mass is 450 g/mol. The number of hydrogen-bond donors (Lipinski definition) is 0. The zero-order chi connectivity index (χ0) is 15.4. The van der Waals surface area contributed by atoms with Crippen LogP contribution in [-0.2, 0) is 0 Å². The van der Waals surface area contributed by atoms with Crippen LogP contribution in [0, 0.1) is 0 Å². The highest BCUT2D eigenvalue weighted by Gasteiger charge is 2.18. The zero-order valence-corrected chi connectivity index (χ0v) is 16.1. The Morgan fingerprint density at radius 3 is 2.38 bits per heavy atom. The second-order valence-corrected chi connectivity index (χ2v) is 7.12. The normalized spacial score (nSPS) is 12.2. The molecule has 1 nitrogen and oxygen atoms in total. The molecule has 2 rings (SSSR count). The van der Waals surface area contributed by atoms with E-state index in [9.17, 15) is 0 Å². The molecule has 2 aromatic carbocycles. The van der Waals surface area contributed by atoms with Crippen molar-refractivity contribution in [2.75, 3.05) is 6.61 Å². The Labute approximate surface area is 151 Å². The van der Waals surface area contributed by atoms with Crippen LogP contribution in [0.1, 0.15) is 29.3 Å². The van der Waals surface area contributed by atoms with Gasteiger partial charge in [0.1, 0.15) is 5.75 Å². The summed E-state index contributed by atoms with van der Waals surface area (Å²) in [4.78, 5) is -0.0739. The SMILES string of the molecule is CCCOc1ccc(C(Br)c2c(Cl)cccc2Cl)cc1Br. The van der Waals surface area contributed by atoms with E-state index < -0.39 is 0 Å². The van der Waals surface area contributed by atoms with E-state index in [1.54, 1.807) is 0 Å². The molecule has 0 aliphatic carbocycles. The fourth-order valence-corrected chi connectivity index (χ4v) is 4.09. The van der Waals surface area contributed by atoms with Crippen LogP contribution in [0.4, 0.5) is 0 Å². The lowest BCUT2D eigenvalue weighted by Crippen LogP contribution is -1.98. The Hall–Kier alpha value is -0.220. The van der Waals surface area contributed by atoms with Crippen LogP contribution in [-0.4, -0.2) is 6.61 Å². The lowest BCUT2D eigenvalue weighted by Gasteiger charge is -2.16. The van der Waals surface area contributed by atoms with Gasteiger partial charge in [-0.2, -0.15) is 0 Å². The molecule has 0 heterocycles. The first-order chi connectivity index (χ1) is 10.0. The summed E-state index contributed by atoms with van der Waals surface area (Å²) in [6.07, 6.45) is 0.977. The lowest BCUT2D eigenvalue weighted by atomic mass is 10.0. The van der Waals surface area contributed by atoms with Crippen molar-refractivity contribution in [3.05, 3.63) is 62.0 Å². The number of halogens is 4. The predicted octanol–water partition coefficient (Wildman–Crippen LogP) is 7.03. The third-order valence-corrected chi connectivity index (χ3v) is 5.23. The van der Waals surface area contributed by atoms with Gasteiger partial charge in [0.2, 0.25) is 0 Å². The number of ether oxygens (including phenoxy) is 1. The molecule has 1 atom stereocenters. The van der Waals surface area contributed by atoms with Gasteiger partial charge in [0.05, 0.1) is 15.9 Å². The minimum absolute atomic E-state index is 0.0739. The van der Waals surface area contributed by atoms with Crippen molar-refractivity contribution in [1.82, 2.24) is 0 Å². The summed E-state index contributed by atoms with van der Waals surface area (Å²) in [5, 5.41) is 1.29. The quantitative estimate of drug-likeness (QED) is 0.442. The van der Waals surface area contributed by atoms with E-state index in [2.05, 4.69) is 38.8 Å². The van der Waals surface area contributed by atoms with Crippen LogP contribution in [0.3, 0.4) is 0 Å². The number of rotatable bonds is 5. The summed E-state index contributed by atoms with van der Waals surface area (Å²) in [6, 6.07) is 11.5. The van der Waals surface area contributed by atoms with Crippen molar-refractivity contribution in [3.63, 3.8) is 0 Å². The van der Waals surface area contributed by atoms with Crippen molar-refractivity contribution in [3.8, 4) is 5.75 Å². The molecule has 5 heteroatoms.